The molecule has 2 aliphatic rings. The quantitative estimate of drug-likeness (QED) is 0.639. The van der Waals surface area contributed by atoms with Crippen LogP contribution in [-0.4, -0.2) is 44.8 Å². The third-order valence-corrected chi connectivity index (χ3v) is 6.06. The molecule has 9 nitrogen and oxygen atoms in total. The molecule has 2 aromatic rings. The minimum atomic E-state index is -4.49. The predicted octanol–water partition coefficient (Wildman–Crippen LogP) is 2.89. The molecule has 1 aliphatic heterocycles. The standard InChI is InChI=1S/C20H27F3N8O/c1-9(2)16-18(32)27-15-10(3)25-19(28-17(15)30(16)4)26-12-5-11(6-12)8-31-13(20(21,22)23)7-14(24)29-31/h7,9,11-12,16H,5-6,8H2,1-4H3,(H2,24,29)(H,27,32)(H,25,26,28)/t11-,12+,16?. The van der Waals surface area contributed by atoms with E-state index < -0.39 is 11.9 Å². The molecule has 1 aliphatic carbocycles. The Kier molecular flexibility index (Phi) is 5.41. The summed E-state index contributed by atoms with van der Waals surface area (Å²) < 4.78 is 40.3. The van der Waals surface area contributed by atoms with Crippen LogP contribution in [0.15, 0.2) is 6.07 Å². The third kappa shape index (κ3) is 4.05. The van der Waals surface area contributed by atoms with E-state index in [1.54, 1.807) is 6.92 Å². The number of likely N-dealkylation sites (N-methyl/N-ethyl adjacent to an activating group) is 1. The van der Waals surface area contributed by atoms with Gasteiger partial charge < -0.3 is 21.3 Å². The van der Waals surface area contributed by atoms with Crippen molar-refractivity contribution in [3.8, 4) is 0 Å². The van der Waals surface area contributed by atoms with Gasteiger partial charge in [0.15, 0.2) is 5.82 Å². The fraction of sp³-hybridized carbons (Fsp3) is 0.600. The number of aryl methyl sites for hydroxylation is 1. The highest BCUT2D eigenvalue weighted by atomic mass is 19.4. The lowest BCUT2D eigenvalue weighted by Crippen LogP contribution is -2.50. The Hall–Kier alpha value is -3.05. The van der Waals surface area contributed by atoms with Crippen LogP contribution in [0.1, 0.15) is 38.1 Å². The maximum atomic E-state index is 13.1. The Morgan fingerprint density at radius 2 is 2.00 bits per heavy atom. The summed E-state index contributed by atoms with van der Waals surface area (Å²) in [6.07, 6.45) is -3.16. The van der Waals surface area contributed by atoms with Crippen LogP contribution in [0.4, 0.5) is 36.4 Å². The summed E-state index contributed by atoms with van der Waals surface area (Å²) in [7, 11) is 1.84. The molecule has 0 bridgehead atoms. The lowest BCUT2D eigenvalue weighted by molar-refractivity contribution is -0.144. The largest absolute Gasteiger partial charge is 0.433 e. The first-order valence-electron chi connectivity index (χ1n) is 10.5. The van der Waals surface area contributed by atoms with E-state index in [1.165, 1.54) is 0 Å². The van der Waals surface area contributed by atoms with E-state index in [9.17, 15) is 18.0 Å². The van der Waals surface area contributed by atoms with Crippen LogP contribution in [0.25, 0.3) is 0 Å². The SMILES string of the molecule is Cc1nc(N[C@H]2C[C@@H](Cn3nc(N)cc3C(F)(F)F)C2)nc2c1NC(=O)C(C(C)C)N2C. The first-order valence-corrected chi connectivity index (χ1v) is 10.5. The highest BCUT2D eigenvalue weighted by Crippen LogP contribution is 2.37. The second-order valence-electron chi connectivity index (χ2n) is 8.93. The highest BCUT2D eigenvalue weighted by Gasteiger charge is 2.39. The van der Waals surface area contributed by atoms with Crippen molar-refractivity contribution in [2.24, 2.45) is 11.8 Å². The fourth-order valence-corrected chi connectivity index (χ4v) is 4.51. The number of anilines is 4. The summed E-state index contributed by atoms with van der Waals surface area (Å²) in [6.45, 7) is 5.91. The maximum absolute atomic E-state index is 13.1. The van der Waals surface area contributed by atoms with Gasteiger partial charge in [0.2, 0.25) is 11.9 Å². The van der Waals surface area contributed by atoms with Crippen molar-refractivity contribution in [1.82, 2.24) is 19.7 Å². The van der Waals surface area contributed by atoms with Crippen molar-refractivity contribution < 1.29 is 18.0 Å². The molecule has 174 valence electrons. The van der Waals surface area contributed by atoms with Gasteiger partial charge in [0, 0.05) is 25.7 Å². The van der Waals surface area contributed by atoms with Crippen LogP contribution < -0.4 is 21.3 Å². The van der Waals surface area contributed by atoms with Gasteiger partial charge >= 0.3 is 6.18 Å². The van der Waals surface area contributed by atoms with Crippen molar-refractivity contribution in [2.75, 3.05) is 28.3 Å². The number of rotatable bonds is 5. The zero-order chi connectivity index (χ0) is 23.4. The third-order valence-electron chi connectivity index (χ3n) is 6.06. The molecule has 3 heterocycles. The number of fused-ring (bicyclic) bond motifs is 1. The molecule has 0 radical (unpaired) electrons. The fourth-order valence-electron chi connectivity index (χ4n) is 4.51. The topological polar surface area (TPSA) is 114 Å². The summed E-state index contributed by atoms with van der Waals surface area (Å²) in [5.41, 5.74) is 5.89. The Labute approximate surface area is 183 Å². The van der Waals surface area contributed by atoms with Gasteiger partial charge in [-0.15, -0.1) is 0 Å². The van der Waals surface area contributed by atoms with Crippen molar-refractivity contribution in [3.05, 3.63) is 17.5 Å². The number of nitrogens with two attached hydrogens (primary N) is 1. The van der Waals surface area contributed by atoms with E-state index in [0.717, 1.165) is 10.7 Å². The second kappa shape index (κ2) is 7.82. The second-order valence-corrected chi connectivity index (χ2v) is 8.93. The number of nitrogens with one attached hydrogen (secondary N) is 2. The van der Waals surface area contributed by atoms with Crippen molar-refractivity contribution in [1.29, 1.82) is 0 Å². The lowest BCUT2D eigenvalue weighted by Gasteiger charge is -2.38. The number of hydrogen-bond acceptors (Lipinski definition) is 7. The summed E-state index contributed by atoms with van der Waals surface area (Å²) >= 11 is 0. The monoisotopic (exact) mass is 452 g/mol. The number of hydrogen-bond donors (Lipinski definition) is 3. The Morgan fingerprint density at radius 3 is 2.62 bits per heavy atom. The number of alkyl halides is 3. The smallest absolute Gasteiger partial charge is 0.382 e. The highest BCUT2D eigenvalue weighted by molar-refractivity contribution is 6.03. The molecule has 1 atom stereocenters. The number of carbonyl (C=O) groups is 1. The molecular formula is C20H27F3N8O. The molecule has 32 heavy (non-hydrogen) atoms. The number of nitrogens with zero attached hydrogens (tertiary/aromatic N) is 5. The van der Waals surface area contributed by atoms with Gasteiger partial charge in [-0.05, 0) is 31.6 Å². The van der Waals surface area contributed by atoms with Crippen LogP contribution >= 0.6 is 0 Å². The van der Waals surface area contributed by atoms with Gasteiger partial charge in [-0.25, -0.2) is 4.98 Å². The van der Waals surface area contributed by atoms with Crippen LogP contribution in [-0.2, 0) is 17.5 Å². The minimum absolute atomic E-state index is 0.0407. The van der Waals surface area contributed by atoms with Crippen LogP contribution in [0.2, 0.25) is 0 Å². The molecule has 1 saturated carbocycles. The summed E-state index contributed by atoms with van der Waals surface area (Å²) in [5.74, 6) is 1.01. The van der Waals surface area contributed by atoms with Crippen molar-refractivity contribution in [2.45, 2.75) is 58.4 Å². The molecule has 4 N–H and O–H groups in total. The molecule has 0 saturated heterocycles. The van der Waals surface area contributed by atoms with Gasteiger partial charge in [-0.3, -0.25) is 9.48 Å². The first kappa shape index (κ1) is 22.2. The maximum Gasteiger partial charge on any atom is 0.433 e. The number of halogens is 3. The van der Waals surface area contributed by atoms with Gasteiger partial charge in [-0.2, -0.15) is 23.3 Å². The number of amides is 1. The Bertz CT molecular complexity index is 1030. The van der Waals surface area contributed by atoms with Gasteiger partial charge in [0.25, 0.3) is 0 Å². The predicted molar refractivity (Wildman–Crippen MR) is 114 cm³/mol. The molecule has 12 heteroatoms. The van der Waals surface area contributed by atoms with Crippen molar-refractivity contribution >= 4 is 29.2 Å². The zero-order valence-corrected chi connectivity index (χ0v) is 18.4. The Balaban J connectivity index is 1.42. The summed E-state index contributed by atoms with van der Waals surface area (Å²) in [6, 6.07) is 0.573. The molecule has 4 rings (SSSR count). The molecule has 0 aromatic carbocycles. The van der Waals surface area contributed by atoms with Gasteiger partial charge in [0.1, 0.15) is 23.2 Å². The van der Waals surface area contributed by atoms with Gasteiger partial charge in [-0.1, -0.05) is 13.8 Å². The van der Waals surface area contributed by atoms with Crippen LogP contribution in [0, 0.1) is 18.8 Å². The normalized spacial score (nSPS) is 23.1. The molecule has 0 spiro atoms. The zero-order valence-electron chi connectivity index (χ0n) is 18.4. The minimum Gasteiger partial charge on any atom is -0.382 e. The number of nitrogen functional groups attached to an aromatic ring is 1. The summed E-state index contributed by atoms with van der Waals surface area (Å²) in [5, 5.41) is 9.97. The average Bonchev–Trinajstić information content (AvgIpc) is 3.01. The van der Waals surface area contributed by atoms with E-state index in [1.807, 2.05) is 25.8 Å². The van der Waals surface area contributed by atoms with E-state index in [4.69, 9.17) is 5.73 Å². The summed E-state index contributed by atoms with van der Waals surface area (Å²) in [4.78, 5) is 23.4. The van der Waals surface area contributed by atoms with E-state index in [2.05, 4.69) is 25.7 Å². The molecule has 1 amide bonds. The lowest BCUT2D eigenvalue weighted by atomic mass is 9.80. The molecule has 1 fully saturated rings. The Morgan fingerprint density at radius 1 is 1.31 bits per heavy atom. The van der Waals surface area contributed by atoms with Crippen LogP contribution in [0.5, 0.6) is 0 Å². The van der Waals surface area contributed by atoms with Crippen molar-refractivity contribution in [3.63, 3.8) is 0 Å². The first-order chi connectivity index (χ1) is 14.9. The van der Waals surface area contributed by atoms with Gasteiger partial charge in [0.05, 0.1) is 5.69 Å². The molecule has 2 aromatic heterocycles. The number of carbonyl (C=O) groups excluding carboxylic acids is 1. The van der Waals surface area contributed by atoms with E-state index in [-0.39, 0.29) is 42.2 Å². The average molecular weight is 452 g/mol. The number of aromatic nitrogens is 4. The van der Waals surface area contributed by atoms with Crippen LogP contribution in [0.3, 0.4) is 0 Å². The molecule has 1 unspecified atom stereocenters. The van der Waals surface area contributed by atoms with E-state index in [0.29, 0.717) is 36.0 Å². The molecular weight excluding hydrogens is 425 g/mol. The van der Waals surface area contributed by atoms with E-state index >= 15 is 0 Å².